The standard InChI is InChI=1S/C11H13NO3S/c13-9(6-7-2-1-3-7)12-8-4-5-16-10(8)11(14)15/h4-5,7H,1-3,6H2,(H,12,13)(H,14,15). The number of anilines is 1. The van der Waals surface area contributed by atoms with Crippen molar-refractivity contribution < 1.29 is 14.7 Å². The molecule has 1 amide bonds. The van der Waals surface area contributed by atoms with Crippen LogP contribution in [0.1, 0.15) is 35.4 Å². The van der Waals surface area contributed by atoms with Crippen molar-refractivity contribution in [3.63, 3.8) is 0 Å². The maximum atomic E-state index is 11.6. The normalized spacial score (nSPS) is 15.5. The number of hydrogen-bond acceptors (Lipinski definition) is 3. The molecule has 0 atom stereocenters. The van der Waals surface area contributed by atoms with Crippen LogP contribution in [0.4, 0.5) is 5.69 Å². The van der Waals surface area contributed by atoms with E-state index in [4.69, 9.17) is 5.11 Å². The van der Waals surface area contributed by atoms with Gasteiger partial charge in [-0.1, -0.05) is 6.42 Å². The van der Waals surface area contributed by atoms with Gasteiger partial charge in [-0.05, 0) is 30.2 Å². The first kappa shape index (κ1) is 11.1. The van der Waals surface area contributed by atoms with Crippen LogP contribution in [0.3, 0.4) is 0 Å². The molecular formula is C11H13NO3S. The van der Waals surface area contributed by atoms with E-state index in [1.165, 1.54) is 6.42 Å². The number of thiophene rings is 1. The lowest BCUT2D eigenvalue weighted by Crippen LogP contribution is -2.21. The second kappa shape index (κ2) is 4.65. The average molecular weight is 239 g/mol. The Labute approximate surface area is 97.3 Å². The summed E-state index contributed by atoms with van der Waals surface area (Å²) in [7, 11) is 0. The molecule has 1 saturated carbocycles. The predicted molar refractivity (Wildman–Crippen MR) is 61.9 cm³/mol. The Kier molecular flexibility index (Phi) is 3.24. The monoisotopic (exact) mass is 239 g/mol. The molecule has 0 spiro atoms. The summed E-state index contributed by atoms with van der Waals surface area (Å²) < 4.78 is 0. The number of carboxylic acids is 1. The van der Waals surface area contributed by atoms with Crippen molar-refractivity contribution in [3.8, 4) is 0 Å². The Morgan fingerprint density at radius 2 is 2.25 bits per heavy atom. The Morgan fingerprint density at radius 3 is 2.81 bits per heavy atom. The highest BCUT2D eigenvalue weighted by molar-refractivity contribution is 7.12. The molecule has 16 heavy (non-hydrogen) atoms. The van der Waals surface area contributed by atoms with Crippen LogP contribution in [-0.4, -0.2) is 17.0 Å². The third-order valence-corrected chi connectivity index (χ3v) is 3.73. The molecule has 86 valence electrons. The first-order valence-corrected chi connectivity index (χ1v) is 6.15. The molecule has 0 bridgehead atoms. The molecule has 0 aromatic carbocycles. The van der Waals surface area contributed by atoms with Gasteiger partial charge in [0.15, 0.2) is 0 Å². The highest BCUT2D eigenvalue weighted by Crippen LogP contribution is 2.30. The van der Waals surface area contributed by atoms with Crippen molar-refractivity contribution in [2.24, 2.45) is 5.92 Å². The number of aromatic carboxylic acids is 1. The molecule has 1 fully saturated rings. The summed E-state index contributed by atoms with van der Waals surface area (Å²) in [6.07, 6.45) is 3.94. The Hall–Kier alpha value is -1.36. The third-order valence-electron chi connectivity index (χ3n) is 2.83. The molecule has 0 saturated heterocycles. The lowest BCUT2D eigenvalue weighted by molar-refractivity contribution is -0.117. The van der Waals surface area contributed by atoms with Crippen LogP contribution >= 0.6 is 11.3 Å². The molecule has 2 N–H and O–H groups in total. The van der Waals surface area contributed by atoms with E-state index < -0.39 is 5.97 Å². The van der Waals surface area contributed by atoms with Crippen LogP contribution < -0.4 is 5.32 Å². The zero-order valence-electron chi connectivity index (χ0n) is 8.73. The zero-order valence-corrected chi connectivity index (χ0v) is 9.55. The van der Waals surface area contributed by atoms with Crippen LogP contribution in [0, 0.1) is 5.92 Å². The highest BCUT2D eigenvalue weighted by Gasteiger charge is 2.21. The topological polar surface area (TPSA) is 66.4 Å². The predicted octanol–water partition coefficient (Wildman–Crippen LogP) is 2.58. The van der Waals surface area contributed by atoms with Crippen molar-refractivity contribution in [1.29, 1.82) is 0 Å². The van der Waals surface area contributed by atoms with Gasteiger partial charge in [-0.25, -0.2) is 4.79 Å². The first-order valence-electron chi connectivity index (χ1n) is 5.27. The second-order valence-corrected chi connectivity index (χ2v) is 4.93. The SMILES string of the molecule is O=C(CC1CCC1)Nc1ccsc1C(=O)O. The van der Waals surface area contributed by atoms with E-state index in [0.29, 0.717) is 18.0 Å². The molecular weight excluding hydrogens is 226 g/mol. The van der Waals surface area contributed by atoms with Gasteiger partial charge in [0.25, 0.3) is 0 Å². The number of hydrogen-bond donors (Lipinski definition) is 2. The van der Waals surface area contributed by atoms with Crippen LogP contribution in [-0.2, 0) is 4.79 Å². The van der Waals surface area contributed by atoms with Crippen molar-refractivity contribution in [3.05, 3.63) is 16.3 Å². The number of rotatable bonds is 4. The average Bonchev–Trinajstić information content (AvgIpc) is 2.59. The van der Waals surface area contributed by atoms with Gasteiger partial charge in [-0.15, -0.1) is 11.3 Å². The Bertz CT molecular complexity index is 409. The van der Waals surface area contributed by atoms with Gasteiger partial charge in [0, 0.05) is 6.42 Å². The largest absolute Gasteiger partial charge is 0.477 e. The number of nitrogens with one attached hydrogen (secondary N) is 1. The molecule has 1 aromatic heterocycles. The fourth-order valence-corrected chi connectivity index (χ4v) is 2.42. The quantitative estimate of drug-likeness (QED) is 0.848. The van der Waals surface area contributed by atoms with Crippen molar-refractivity contribution in [2.45, 2.75) is 25.7 Å². The maximum absolute atomic E-state index is 11.6. The lowest BCUT2D eigenvalue weighted by Gasteiger charge is -2.24. The number of carbonyl (C=O) groups is 2. The zero-order chi connectivity index (χ0) is 11.5. The summed E-state index contributed by atoms with van der Waals surface area (Å²) in [5.41, 5.74) is 0.418. The summed E-state index contributed by atoms with van der Waals surface area (Å²) in [4.78, 5) is 22.6. The van der Waals surface area contributed by atoms with E-state index in [1.54, 1.807) is 11.4 Å². The van der Waals surface area contributed by atoms with Gasteiger partial charge in [-0.3, -0.25) is 4.79 Å². The first-order chi connectivity index (χ1) is 7.66. The summed E-state index contributed by atoms with van der Waals surface area (Å²) in [6, 6.07) is 1.63. The van der Waals surface area contributed by atoms with E-state index in [2.05, 4.69) is 5.32 Å². The number of carbonyl (C=O) groups excluding carboxylic acids is 1. The molecule has 1 aliphatic carbocycles. The molecule has 1 heterocycles. The lowest BCUT2D eigenvalue weighted by atomic mass is 9.83. The molecule has 1 aliphatic rings. The van der Waals surface area contributed by atoms with Crippen LogP contribution in [0.2, 0.25) is 0 Å². The molecule has 5 heteroatoms. The van der Waals surface area contributed by atoms with Crippen molar-refractivity contribution in [2.75, 3.05) is 5.32 Å². The van der Waals surface area contributed by atoms with E-state index in [0.717, 1.165) is 24.2 Å². The minimum Gasteiger partial charge on any atom is -0.477 e. The molecule has 0 aliphatic heterocycles. The van der Waals surface area contributed by atoms with Gasteiger partial charge in [0.05, 0.1) is 5.69 Å². The van der Waals surface area contributed by atoms with Gasteiger partial charge in [0.1, 0.15) is 4.88 Å². The minimum atomic E-state index is -0.992. The molecule has 0 radical (unpaired) electrons. The number of amides is 1. The summed E-state index contributed by atoms with van der Waals surface area (Å²) in [5.74, 6) is -0.577. The smallest absolute Gasteiger partial charge is 0.348 e. The number of carboxylic acid groups (broad SMARTS) is 1. The van der Waals surface area contributed by atoms with Gasteiger partial charge >= 0.3 is 5.97 Å². The van der Waals surface area contributed by atoms with Gasteiger partial charge < -0.3 is 10.4 Å². The fraction of sp³-hybridized carbons (Fsp3) is 0.455. The molecule has 1 aromatic rings. The van der Waals surface area contributed by atoms with Crippen molar-refractivity contribution >= 4 is 28.9 Å². The second-order valence-electron chi connectivity index (χ2n) is 4.02. The summed E-state index contributed by atoms with van der Waals surface area (Å²) in [5, 5.41) is 13.2. The Morgan fingerprint density at radius 1 is 1.50 bits per heavy atom. The van der Waals surface area contributed by atoms with Crippen LogP contribution in [0.25, 0.3) is 0 Å². The minimum absolute atomic E-state index is 0.0781. The van der Waals surface area contributed by atoms with Crippen LogP contribution in [0.15, 0.2) is 11.4 Å². The Balaban J connectivity index is 1.94. The highest BCUT2D eigenvalue weighted by atomic mass is 32.1. The molecule has 4 nitrogen and oxygen atoms in total. The van der Waals surface area contributed by atoms with Gasteiger partial charge in [-0.2, -0.15) is 0 Å². The van der Waals surface area contributed by atoms with Crippen LogP contribution in [0.5, 0.6) is 0 Å². The van der Waals surface area contributed by atoms with Crippen molar-refractivity contribution in [1.82, 2.24) is 0 Å². The molecule has 0 unspecified atom stereocenters. The van der Waals surface area contributed by atoms with E-state index in [-0.39, 0.29) is 10.8 Å². The van der Waals surface area contributed by atoms with E-state index in [1.807, 2.05) is 0 Å². The molecule has 2 rings (SSSR count). The summed E-state index contributed by atoms with van der Waals surface area (Å²) in [6.45, 7) is 0. The van der Waals surface area contributed by atoms with E-state index >= 15 is 0 Å². The fourth-order valence-electron chi connectivity index (χ4n) is 1.73. The third kappa shape index (κ3) is 2.41. The van der Waals surface area contributed by atoms with E-state index in [9.17, 15) is 9.59 Å². The maximum Gasteiger partial charge on any atom is 0.348 e. The summed E-state index contributed by atoms with van der Waals surface area (Å²) >= 11 is 1.12. The van der Waals surface area contributed by atoms with Gasteiger partial charge in [0.2, 0.25) is 5.91 Å².